The summed E-state index contributed by atoms with van der Waals surface area (Å²) in [6.45, 7) is 1.42. The van der Waals surface area contributed by atoms with E-state index < -0.39 is 6.04 Å². The van der Waals surface area contributed by atoms with Crippen LogP contribution >= 0.6 is 0 Å². The second-order valence-corrected chi connectivity index (χ2v) is 4.64. The van der Waals surface area contributed by atoms with Crippen molar-refractivity contribution >= 4 is 5.91 Å². The Balaban J connectivity index is 2.73. The molecule has 0 saturated heterocycles. The van der Waals surface area contributed by atoms with Crippen LogP contribution in [0.1, 0.15) is 18.0 Å². The lowest BCUT2D eigenvalue weighted by Crippen LogP contribution is -2.38. The van der Waals surface area contributed by atoms with E-state index in [1.165, 1.54) is 6.07 Å². The molecular weight excluding hydrogens is 245 g/mol. The summed E-state index contributed by atoms with van der Waals surface area (Å²) >= 11 is 0. The van der Waals surface area contributed by atoms with E-state index in [0.29, 0.717) is 12.1 Å². The molecule has 1 aromatic carbocycles. The quantitative estimate of drug-likeness (QED) is 0.729. The van der Waals surface area contributed by atoms with Gasteiger partial charge in [-0.15, -0.1) is 0 Å². The van der Waals surface area contributed by atoms with Crippen molar-refractivity contribution in [2.75, 3.05) is 34.2 Å². The van der Waals surface area contributed by atoms with Crippen LogP contribution < -0.4 is 10.6 Å². The molecule has 19 heavy (non-hydrogen) atoms. The summed E-state index contributed by atoms with van der Waals surface area (Å²) in [7, 11) is 5.40. The van der Waals surface area contributed by atoms with Gasteiger partial charge in [0.1, 0.15) is 11.9 Å². The zero-order valence-corrected chi connectivity index (χ0v) is 11.7. The maximum Gasteiger partial charge on any atom is 0.242 e. The first kappa shape index (κ1) is 15.6. The van der Waals surface area contributed by atoms with Gasteiger partial charge < -0.3 is 10.6 Å². The molecule has 0 saturated carbocycles. The zero-order chi connectivity index (χ0) is 14.3. The van der Waals surface area contributed by atoms with Crippen LogP contribution in [0, 0.1) is 5.82 Å². The third kappa shape index (κ3) is 4.61. The number of hydrogen-bond donors (Lipinski definition) is 2. The van der Waals surface area contributed by atoms with Crippen LogP contribution in [-0.4, -0.2) is 45.0 Å². The van der Waals surface area contributed by atoms with Gasteiger partial charge >= 0.3 is 0 Å². The van der Waals surface area contributed by atoms with Crippen LogP contribution in [0.4, 0.5) is 4.39 Å². The smallest absolute Gasteiger partial charge is 0.242 e. The number of amides is 1. The van der Waals surface area contributed by atoms with Crippen molar-refractivity contribution in [1.29, 1.82) is 0 Å². The summed E-state index contributed by atoms with van der Waals surface area (Å²) in [6, 6.07) is 5.78. The maximum absolute atomic E-state index is 13.8. The number of hydrogen-bond acceptors (Lipinski definition) is 3. The Kier molecular flexibility index (Phi) is 6.45. The van der Waals surface area contributed by atoms with Gasteiger partial charge in [-0.25, -0.2) is 4.39 Å². The first-order chi connectivity index (χ1) is 9.07. The Labute approximate surface area is 114 Å². The minimum absolute atomic E-state index is 0.175. The van der Waals surface area contributed by atoms with Gasteiger partial charge in [-0.05, 0) is 40.2 Å². The van der Waals surface area contributed by atoms with Crippen LogP contribution in [0.2, 0.25) is 0 Å². The van der Waals surface area contributed by atoms with Crippen molar-refractivity contribution in [2.45, 2.75) is 12.5 Å². The van der Waals surface area contributed by atoms with Gasteiger partial charge in [0.05, 0.1) is 0 Å². The number of carbonyl (C=O) groups is 1. The number of likely N-dealkylation sites (N-methyl/N-ethyl adjacent to an activating group) is 1. The molecule has 1 unspecified atom stereocenters. The Morgan fingerprint density at radius 3 is 2.58 bits per heavy atom. The van der Waals surface area contributed by atoms with Gasteiger partial charge in [0, 0.05) is 12.1 Å². The van der Waals surface area contributed by atoms with Crippen molar-refractivity contribution in [2.24, 2.45) is 0 Å². The Bertz CT molecular complexity index is 409. The van der Waals surface area contributed by atoms with Crippen molar-refractivity contribution in [1.82, 2.24) is 15.5 Å². The van der Waals surface area contributed by atoms with Crippen LogP contribution in [0.25, 0.3) is 0 Å². The average molecular weight is 267 g/mol. The number of halogens is 1. The maximum atomic E-state index is 13.8. The molecule has 106 valence electrons. The second kappa shape index (κ2) is 7.86. The number of rotatable bonds is 7. The summed E-state index contributed by atoms with van der Waals surface area (Å²) in [5.41, 5.74) is 0.401. The molecule has 1 aromatic rings. The topological polar surface area (TPSA) is 44.4 Å². The lowest BCUT2D eigenvalue weighted by Gasteiger charge is -2.24. The minimum Gasteiger partial charge on any atom is -0.354 e. The zero-order valence-electron chi connectivity index (χ0n) is 11.7. The first-order valence-corrected chi connectivity index (χ1v) is 6.41. The highest BCUT2D eigenvalue weighted by atomic mass is 19.1. The minimum atomic E-state index is -0.601. The molecule has 1 amide bonds. The van der Waals surface area contributed by atoms with Crippen molar-refractivity contribution < 1.29 is 9.18 Å². The summed E-state index contributed by atoms with van der Waals surface area (Å²) in [5.74, 6) is -0.530. The van der Waals surface area contributed by atoms with E-state index in [2.05, 4.69) is 10.6 Å². The molecule has 0 aromatic heterocycles. The molecule has 0 spiro atoms. The number of benzene rings is 1. The summed E-state index contributed by atoms with van der Waals surface area (Å²) in [4.78, 5) is 13.9. The molecule has 0 aliphatic rings. The molecule has 5 heteroatoms. The molecule has 0 heterocycles. The Morgan fingerprint density at radius 2 is 2.00 bits per heavy atom. The predicted molar refractivity (Wildman–Crippen MR) is 74.4 cm³/mol. The van der Waals surface area contributed by atoms with E-state index >= 15 is 0 Å². The largest absolute Gasteiger partial charge is 0.354 e. The molecule has 2 N–H and O–H groups in total. The third-order valence-electron chi connectivity index (χ3n) is 2.87. The predicted octanol–water partition coefficient (Wildman–Crippen LogP) is 1.15. The van der Waals surface area contributed by atoms with E-state index in [4.69, 9.17) is 0 Å². The fourth-order valence-corrected chi connectivity index (χ4v) is 1.92. The van der Waals surface area contributed by atoms with Crippen molar-refractivity contribution in [3.8, 4) is 0 Å². The molecule has 0 fully saturated rings. The molecule has 1 atom stereocenters. The monoisotopic (exact) mass is 267 g/mol. The summed E-state index contributed by atoms with van der Waals surface area (Å²) in [6.07, 6.45) is 0.847. The highest BCUT2D eigenvalue weighted by Gasteiger charge is 2.24. The number of nitrogens with one attached hydrogen (secondary N) is 2. The normalized spacial score (nSPS) is 12.5. The van der Waals surface area contributed by atoms with Gasteiger partial charge in [-0.3, -0.25) is 9.69 Å². The standard InChI is InChI=1S/C14H22FN3O/c1-16-9-6-10-17-14(19)13(18(2)3)11-7-4-5-8-12(11)15/h4-5,7-8,13,16H,6,9-10H2,1-3H3,(H,17,19). The van der Waals surface area contributed by atoms with E-state index in [9.17, 15) is 9.18 Å². The summed E-state index contributed by atoms with van der Waals surface area (Å²) in [5, 5.41) is 5.85. The van der Waals surface area contributed by atoms with Gasteiger partial charge in [0.15, 0.2) is 0 Å². The van der Waals surface area contributed by atoms with Crippen molar-refractivity contribution in [3.63, 3.8) is 0 Å². The van der Waals surface area contributed by atoms with Gasteiger partial charge in [-0.1, -0.05) is 18.2 Å². The lowest BCUT2D eigenvalue weighted by molar-refractivity contribution is -0.125. The molecule has 0 radical (unpaired) electrons. The number of nitrogens with zero attached hydrogens (tertiary/aromatic N) is 1. The van der Waals surface area contributed by atoms with Crippen LogP contribution in [0.3, 0.4) is 0 Å². The van der Waals surface area contributed by atoms with Gasteiger partial charge in [0.25, 0.3) is 0 Å². The highest BCUT2D eigenvalue weighted by Crippen LogP contribution is 2.21. The number of carbonyl (C=O) groups excluding carboxylic acids is 1. The molecule has 0 aliphatic heterocycles. The highest BCUT2D eigenvalue weighted by molar-refractivity contribution is 5.83. The Morgan fingerprint density at radius 1 is 1.32 bits per heavy atom. The second-order valence-electron chi connectivity index (χ2n) is 4.64. The first-order valence-electron chi connectivity index (χ1n) is 6.41. The molecule has 4 nitrogen and oxygen atoms in total. The molecule has 1 rings (SSSR count). The Hall–Kier alpha value is -1.46. The molecule has 0 bridgehead atoms. The van der Waals surface area contributed by atoms with Gasteiger partial charge in [0.2, 0.25) is 5.91 Å². The fraction of sp³-hybridized carbons (Fsp3) is 0.500. The van der Waals surface area contributed by atoms with E-state index in [-0.39, 0.29) is 11.7 Å². The molecule has 0 aliphatic carbocycles. The van der Waals surface area contributed by atoms with E-state index in [0.717, 1.165) is 13.0 Å². The van der Waals surface area contributed by atoms with Crippen molar-refractivity contribution in [3.05, 3.63) is 35.6 Å². The average Bonchev–Trinajstić information content (AvgIpc) is 2.37. The van der Waals surface area contributed by atoms with E-state index in [1.54, 1.807) is 37.2 Å². The SMILES string of the molecule is CNCCCNC(=O)C(c1ccccc1F)N(C)C. The lowest BCUT2D eigenvalue weighted by atomic mass is 10.0. The van der Waals surface area contributed by atoms with E-state index in [1.807, 2.05) is 7.05 Å². The summed E-state index contributed by atoms with van der Waals surface area (Å²) < 4.78 is 13.8. The fourth-order valence-electron chi connectivity index (χ4n) is 1.92. The third-order valence-corrected chi connectivity index (χ3v) is 2.87. The van der Waals surface area contributed by atoms with Crippen LogP contribution in [0.5, 0.6) is 0 Å². The van der Waals surface area contributed by atoms with Crippen LogP contribution in [-0.2, 0) is 4.79 Å². The molecular formula is C14H22FN3O. The van der Waals surface area contributed by atoms with Crippen LogP contribution in [0.15, 0.2) is 24.3 Å². The van der Waals surface area contributed by atoms with Gasteiger partial charge in [-0.2, -0.15) is 0 Å².